The number of hydrogen-bond donors (Lipinski definition) is 1. The molecule has 0 saturated carbocycles. The van der Waals surface area contributed by atoms with Crippen LogP contribution in [0, 0.1) is 13.8 Å². The normalized spacial score (nSPS) is 14.2. The maximum atomic E-state index is 13.1. The van der Waals surface area contributed by atoms with E-state index in [9.17, 15) is 4.79 Å². The van der Waals surface area contributed by atoms with Crippen molar-refractivity contribution in [1.29, 1.82) is 0 Å². The van der Waals surface area contributed by atoms with Gasteiger partial charge in [-0.2, -0.15) is 5.10 Å². The van der Waals surface area contributed by atoms with Crippen LogP contribution in [0.25, 0.3) is 11.3 Å². The summed E-state index contributed by atoms with van der Waals surface area (Å²) in [5.41, 5.74) is 5.72. The first-order valence-electron chi connectivity index (χ1n) is 11.4. The second-order valence-corrected chi connectivity index (χ2v) is 8.55. The Hall–Kier alpha value is -3.52. The molecular formula is C26H32N4O4. The summed E-state index contributed by atoms with van der Waals surface area (Å²) >= 11 is 0. The van der Waals surface area contributed by atoms with E-state index in [1.807, 2.05) is 23.1 Å². The first kappa shape index (κ1) is 23.6. The third-order valence-corrected chi connectivity index (χ3v) is 6.31. The number of carbonyl (C=O) groups excluding carboxylic acids is 1. The summed E-state index contributed by atoms with van der Waals surface area (Å²) in [5.74, 6) is 1.89. The predicted octanol–water partition coefficient (Wildman–Crippen LogP) is 3.68. The molecule has 2 heterocycles. The first-order valence-corrected chi connectivity index (χ1v) is 11.4. The zero-order chi connectivity index (χ0) is 24.2. The largest absolute Gasteiger partial charge is 0.493 e. The highest BCUT2D eigenvalue weighted by Gasteiger charge is 2.25. The van der Waals surface area contributed by atoms with Crippen LogP contribution in [0.3, 0.4) is 0 Å². The Kier molecular flexibility index (Phi) is 7.07. The second-order valence-electron chi connectivity index (χ2n) is 8.55. The molecule has 1 aromatic heterocycles. The summed E-state index contributed by atoms with van der Waals surface area (Å²) in [6.07, 6.45) is 0. The monoisotopic (exact) mass is 464 g/mol. The molecule has 2 aromatic carbocycles. The van der Waals surface area contributed by atoms with Gasteiger partial charge >= 0.3 is 0 Å². The highest BCUT2D eigenvalue weighted by atomic mass is 16.5. The number of aromatic nitrogens is 2. The number of ether oxygens (including phenoxy) is 3. The van der Waals surface area contributed by atoms with Gasteiger partial charge in [0.15, 0.2) is 11.5 Å². The summed E-state index contributed by atoms with van der Waals surface area (Å²) in [5, 5.41) is 7.33. The highest BCUT2D eigenvalue weighted by molar-refractivity contribution is 5.93. The number of aromatic amines is 1. The van der Waals surface area contributed by atoms with Crippen molar-refractivity contribution in [3.63, 3.8) is 0 Å². The van der Waals surface area contributed by atoms with E-state index in [0.717, 1.165) is 35.5 Å². The van der Waals surface area contributed by atoms with E-state index in [4.69, 9.17) is 14.2 Å². The van der Waals surface area contributed by atoms with Crippen molar-refractivity contribution in [3.05, 3.63) is 58.8 Å². The minimum absolute atomic E-state index is 0.0214. The van der Waals surface area contributed by atoms with Crippen LogP contribution in [-0.4, -0.2) is 73.4 Å². The van der Waals surface area contributed by atoms with E-state index >= 15 is 0 Å². The van der Waals surface area contributed by atoms with Gasteiger partial charge in [-0.15, -0.1) is 0 Å². The third-order valence-electron chi connectivity index (χ3n) is 6.31. The fraction of sp³-hybridized carbons (Fsp3) is 0.385. The molecule has 1 aliphatic heterocycles. The number of aryl methyl sites for hydroxylation is 2. The van der Waals surface area contributed by atoms with E-state index in [0.29, 0.717) is 42.6 Å². The molecule has 1 N–H and O–H groups in total. The molecule has 8 heteroatoms. The van der Waals surface area contributed by atoms with Crippen LogP contribution in [0.4, 0.5) is 0 Å². The van der Waals surface area contributed by atoms with Crippen molar-refractivity contribution in [2.24, 2.45) is 0 Å². The molecule has 180 valence electrons. The lowest BCUT2D eigenvalue weighted by atomic mass is 10.0. The van der Waals surface area contributed by atoms with Crippen molar-refractivity contribution in [1.82, 2.24) is 20.0 Å². The number of benzene rings is 2. The summed E-state index contributed by atoms with van der Waals surface area (Å²) in [6.45, 7) is 7.65. The van der Waals surface area contributed by atoms with Crippen molar-refractivity contribution in [2.75, 3.05) is 47.5 Å². The Morgan fingerprint density at radius 3 is 2.32 bits per heavy atom. The van der Waals surface area contributed by atoms with Crippen molar-refractivity contribution >= 4 is 5.91 Å². The third kappa shape index (κ3) is 4.72. The van der Waals surface area contributed by atoms with Gasteiger partial charge in [0, 0.05) is 43.9 Å². The van der Waals surface area contributed by atoms with E-state index in [2.05, 4.69) is 47.1 Å². The number of methoxy groups -OCH3 is 3. The molecule has 1 saturated heterocycles. The quantitative estimate of drug-likeness (QED) is 0.575. The number of nitrogens with one attached hydrogen (secondary N) is 1. The Bertz CT molecular complexity index is 1170. The van der Waals surface area contributed by atoms with Crippen LogP contribution in [-0.2, 0) is 6.54 Å². The molecule has 34 heavy (non-hydrogen) atoms. The van der Waals surface area contributed by atoms with Gasteiger partial charge in [0.05, 0.1) is 27.0 Å². The molecule has 3 aromatic rings. The molecule has 4 rings (SSSR count). The van der Waals surface area contributed by atoms with Gasteiger partial charge in [-0.3, -0.25) is 14.8 Å². The molecule has 0 spiro atoms. The summed E-state index contributed by atoms with van der Waals surface area (Å²) < 4.78 is 16.5. The molecule has 1 aliphatic rings. The zero-order valence-corrected chi connectivity index (χ0v) is 20.5. The second kappa shape index (κ2) is 10.2. The van der Waals surface area contributed by atoms with Crippen LogP contribution in [0.15, 0.2) is 36.4 Å². The lowest BCUT2D eigenvalue weighted by molar-refractivity contribution is 0.0621. The van der Waals surface area contributed by atoms with Crippen molar-refractivity contribution in [2.45, 2.75) is 20.4 Å². The van der Waals surface area contributed by atoms with E-state index in [1.54, 1.807) is 21.3 Å². The molecular weight excluding hydrogens is 432 g/mol. The number of carbonyl (C=O) groups is 1. The number of hydrogen-bond acceptors (Lipinski definition) is 6. The molecule has 0 bridgehead atoms. The summed E-state index contributed by atoms with van der Waals surface area (Å²) in [6, 6.07) is 12.0. The number of amides is 1. The molecule has 0 aliphatic carbocycles. The van der Waals surface area contributed by atoms with Gasteiger partial charge in [-0.1, -0.05) is 29.8 Å². The molecule has 0 radical (unpaired) electrons. The van der Waals surface area contributed by atoms with Crippen LogP contribution in [0.2, 0.25) is 0 Å². The number of rotatable bonds is 7. The van der Waals surface area contributed by atoms with Gasteiger partial charge in [0.2, 0.25) is 5.75 Å². The Morgan fingerprint density at radius 2 is 1.68 bits per heavy atom. The maximum Gasteiger partial charge on any atom is 0.271 e. The number of H-pyrrole nitrogens is 1. The topological polar surface area (TPSA) is 79.9 Å². The van der Waals surface area contributed by atoms with Crippen molar-refractivity contribution in [3.8, 4) is 28.5 Å². The van der Waals surface area contributed by atoms with E-state index in [-0.39, 0.29) is 5.91 Å². The SMILES string of the molecule is COc1ccc(CN2CCN(C(=O)c3cc(-c4ccc(C)cc4C)n[nH]3)CC2)c(OC)c1OC. The lowest BCUT2D eigenvalue weighted by Gasteiger charge is -2.34. The maximum absolute atomic E-state index is 13.1. The van der Waals surface area contributed by atoms with E-state index in [1.165, 1.54) is 5.56 Å². The lowest BCUT2D eigenvalue weighted by Crippen LogP contribution is -2.48. The van der Waals surface area contributed by atoms with Crippen LogP contribution >= 0.6 is 0 Å². The average molecular weight is 465 g/mol. The number of nitrogens with zero attached hydrogens (tertiary/aromatic N) is 3. The minimum Gasteiger partial charge on any atom is -0.493 e. The Labute approximate surface area is 200 Å². The first-order chi connectivity index (χ1) is 16.4. The molecule has 0 atom stereocenters. The van der Waals surface area contributed by atoms with Crippen molar-refractivity contribution < 1.29 is 19.0 Å². The Morgan fingerprint density at radius 1 is 0.941 bits per heavy atom. The van der Waals surface area contributed by atoms with Gasteiger partial charge in [-0.25, -0.2) is 0 Å². The Balaban J connectivity index is 1.40. The molecule has 1 fully saturated rings. The van der Waals surface area contributed by atoms with Gasteiger partial charge in [-0.05, 0) is 31.5 Å². The van der Waals surface area contributed by atoms with Crippen LogP contribution in [0.1, 0.15) is 27.2 Å². The molecule has 8 nitrogen and oxygen atoms in total. The van der Waals surface area contributed by atoms with Crippen LogP contribution < -0.4 is 14.2 Å². The number of piperazine rings is 1. The van der Waals surface area contributed by atoms with Gasteiger partial charge in [0.1, 0.15) is 5.69 Å². The standard InChI is InChI=1S/C26H32N4O4/c1-17-6-8-20(18(2)14-17)21-15-22(28-27-21)26(31)30-12-10-29(11-13-30)16-19-7-9-23(32-3)25(34-5)24(19)33-4/h6-9,14-15H,10-13,16H2,1-5H3,(H,27,28). The predicted molar refractivity (Wildman–Crippen MR) is 131 cm³/mol. The molecule has 1 amide bonds. The average Bonchev–Trinajstić information content (AvgIpc) is 3.33. The van der Waals surface area contributed by atoms with Crippen LogP contribution in [0.5, 0.6) is 17.2 Å². The smallest absolute Gasteiger partial charge is 0.271 e. The fourth-order valence-electron chi connectivity index (χ4n) is 4.48. The van der Waals surface area contributed by atoms with Gasteiger partial charge < -0.3 is 19.1 Å². The minimum atomic E-state index is -0.0214. The van der Waals surface area contributed by atoms with E-state index < -0.39 is 0 Å². The van der Waals surface area contributed by atoms with Gasteiger partial charge in [0.25, 0.3) is 5.91 Å². The highest BCUT2D eigenvalue weighted by Crippen LogP contribution is 2.40. The fourth-order valence-corrected chi connectivity index (χ4v) is 4.48. The molecule has 0 unspecified atom stereocenters. The zero-order valence-electron chi connectivity index (χ0n) is 20.5. The summed E-state index contributed by atoms with van der Waals surface area (Å²) in [4.78, 5) is 17.3. The summed E-state index contributed by atoms with van der Waals surface area (Å²) in [7, 11) is 4.85.